The zero-order valence-corrected chi connectivity index (χ0v) is 42.8. The molecule has 0 amide bonds. The summed E-state index contributed by atoms with van der Waals surface area (Å²) in [5.41, 5.74) is 11.6. The predicted octanol–water partition coefficient (Wildman–Crippen LogP) is 16.3. The fourth-order valence-electron chi connectivity index (χ4n) is 10.9. The Bertz CT molecular complexity index is 4580. The van der Waals surface area contributed by atoms with Gasteiger partial charge in [0.2, 0.25) is 0 Å². The fourth-order valence-corrected chi connectivity index (χ4v) is 12.0. The van der Waals surface area contributed by atoms with E-state index in [1.807, 2.05) is 143 Å². The van der Waals surface area contributed by atoms with Gasteiger partial charge in [-0.25, -0.2) is 0 Å². The Hall–Kier alpha value is -8.25. The number of hydrogen-bond donors (Lipinski definition) is 0. The molecule has 0 saturated heterocycles. The average Bonchev–Trinajstić information content (AvgIpc) is 2.03. The van der Waals surface area contributed by atoms with E-state index in [1.54, 1.807) is 12.1 Å². The number of imidazole rings is 1. The van der Waals surface area contributed by atoms with Crippen LogP contribution in [0.5, 0.6) is 11.6 Å². The molecule has 0 saturated carbocycles. The Kier molecular flexibility index (Phi) is 8.54. The van der Waals surface area contributed by atoms with Crippen molar-refractivity contribution < 1.29 is 39.2 Å². The van der Waals surface area contributed by atoms with Crippen LogP contribution in [-0.2, 0) is 24.8 Å². The van der Waals surface area contributed by atoms with Gasteiger partial charge in [-0.15, -0.1) is 0 Å². The number of hydrogen-bond acceptors (Lipinski definition) is 4. The number of nitrogens with zero attached hydrogens (tertiary/aromatic N) is 5. The average molecular weight is 1150 g/mol. The molecule has 8 heteroatoms. The van der Waals surface area contributed by atoms with Crippen molar-refractivity contribution in [3.63, 3.8) is 0 Å². The molecule has 6 nitrogen and oxygen atoms in total. The van der Waals surface area contributed by atoms with Crippen molar-refractivity contribution in [2.45, 2.75) is 39.9 Å². The van der Waals surface area contributed by atoms with E-state index in [4.69, 9.17) is 22.1 Å². The number of benzene rings is 9. The van der Waals surface area contributed by atoms with Crippen LogP contribution >= 0.6 is 0 Å². The third-order valence-corrected chi connectivity index (χ3v) is 15.0. The van der Waals surface area contributed by atoms with Gasteiger partial charge in [-0.1, -0.05) is 54.6 Å². The minimum absolute atomic E-state index is 0.0291. The van der Waals surface area contributed by atoms with Crippen molar-refractivity contribution >= 4 is 46.4 Å². The van der Waals surface area contributed by atoms with Crippen LogP contribution in [0.3, 0.4) is 0 Å². The molecule has 2 aromatic heterocycles. The predicted molar refractivity (Wildman–Crippen MR) is 303 cm³/mol. The van der Waals surface area contributed by atoms with Crippen LogP contribution in [0.1, 0.15) is 52.5 Å². The van der Waals surface area contributed by atoms with Gasteiger partial charge in [-0.3, -0.25) is 0 Å². The number of rotatable bonds is 8. The van der Waals surface area contributed by atoms with Crippen LogP contribution in [0.4, 0.5) is 22.9 Å². The van der Waals surface area contributed by atoms with E-state index >= 15 is 0 Å². The Balaban J connectivity index is 1.05. The van der Waals surface area contributed by atoms with Gasteiger partial charge in [-0.05, 0) is 17.7 Å². The standard InChI is InChI=1S/C66H52BN5O.Pt/c1-44-38-53(46-22-8-6-9-23-46)65(54(39-44)47-24-10-7-11-25-47)70-43-69(58-32-18-19-33-59(58)70)48-36-37-52(49-26-12-15-29-55(49)66(3,4)5)62(42-48)73-64-41-45(2)40-63(68-64)72-61-35-21-20-34-60(61)71-57-31-17-14-28-51(57)50-27-13-16-30-56(50)67(71)72;/h6-42H,1-5H3;/i1D3,2D3,6D,8D,9D,22D,23D;. The van der Waals surface area contributed by atoms with Crippen LogP contribution in [-0.4, -0.2) is 21.1 Å². The first-order chi connectivity index (χ1) is 40.6. The molecule has 2 aliphatic rings. The van der Waals surface area contributed by atoms with E-state index in [2.05, 4.69) is 86.1 Å². The van der Waals surface area contributed by atoms with E-state index in [-0.39, 0.29) is 33.5 Å². The van der Waals surface area contributed by atoms with Gasteiger partial charge in [0.1, 0.15) is 0 Å². The number of ether oxygens (including phenoxy) is 1. The Morgan fingerprint density at radius 1 is 0.527 bits per heavy atom. The quantitative estimate of drug-likeness (QED) is 0.142. The molecule has 0 aliphatic carbocycles. The summed E-state index contributed by atoms with van der Waals surface area (Å²) in [4.78, 5) is 9.68. The van der Waals surface area contributed by atoms with Gasteiger partial charge >= 0.3 is 378 Å². The Morgan fingerprint density at radius 2 is 1.14 bits per heavy atom. The summed E-state index contributed by atoms with van der Waals surface area (Å²) in [6, 6.07) is 59.0. The summed E-state index contributed by atoms with van der Waals surface area (Å²) in [6.45, 7) is 0.745. The second-order valence-corrected chi connectivity index (χ2v) is 20.5. The first kappa shape index (κ1) is 35.0. The maximum absolute atomic E-state index is 9.30. The number of para-hydroxylation sites is 5. The van der Waals surface area contributed by atoms with Gasteiger partial charge < -0.3 is 0 Å². The summed E-state index contributed by atoms with van der Waals surface area (Å²) >= 11 is 2.23. The number of anilines is 4. The molecule has 0 unspecified atom stereocenters. The van der Waals surface area contributed by atoms with Crippen LogP contribution in [0, 0.1) is 17.5 Å². The first-order valence-electron chi connectivity index (χ1n) is 29.9. The van der Waals surface area contributed by atoms with E-state index in [1.165, 1.54) is 12.1 Å². The van der Waals surface area contributed by atoms with Crippen molar-refractivity contribution in [3.05, 3.63) is 245 Å². The molecule has 2 aliphatic heterocycles. The summed E-state index contributed by atoms with van der Waals surface area (Å²) < 4.78 is 109. The van der Waals surface area contributed by atoms with Gasteiger partial charge in [0.15, 0.2) is 0 Å². The van der Waals surface area contributed by atoms with Crippen LogP contribution in [0.25, 0.3) is 66.9 Å². The number of aromatic nitrogens is 3. The molecule has 4 heterocycles. The third kappa shape index (κ3) is 7.60. The maximum atomic E-state index is 9.30. The molecular weight excluding hydrogens is 1080 g/mol. The molecule has 0 radical (unpaired) electrons. The third-order valence-electron chi connectivity index (χ3n) is 14.0. The van der Waals surface area contributed by atoms with E-state index in [0.29, 0.717) is 54.5 Å². The summed E-state index contributed by atoms with van der Waals surface area (Å²) in [5.74, 6) is 0.775. The fraction of sp³-hybridized carbons (Fsp3) is 0.0909. The SMILES string of the molecule is [2H]c1c([2H])c([2H])c(-c2cc(C([2H])([2H])[2H])cc(-c3ccccc3)c2-n2[c](=[Pt])n(-c3ccc(-c4ccccc4C(C)(C)C)c(Oc4cc(C([2H])([2H])[2H])cc(N5B6c7ccccc7-c7ccccc7N6c6ccccc65)n4)c3)c3ccccc32)c([2H])c1[2H]. The van der Waals surface area contributed by atoms with Crippen molar-refractivity contribution in [2.75, 3.05) is 9.62 Å². The summed E-state index contributed by atoms with van der Waals surface area (Å²) in [5, 5.41) is 0. The molecule has 13 rings (SSSR count). The molecule has 0 fully saturated rings. The Morgan fingerprint density at radius 3 is 1.88 bits per heavy atom. The van der Waals surface area contributed by atoms with Crippen molar-refractivity contribution in [1.82, 2.24) is 14.1 Å². The number of pyridine rings is 1. The van der Waals surface area contributed by atoms with E-state index in [0.717, 1.165) is 44.8 Å². The first-order valence-corrected chi connectivity index (χ1v) is 25.5. The van der Waals surface area contributed by atoms with Gasteiger partial charge in [-0.2, -0.15) is 0 Å². The van der Waals surface area contributed by atoms with Gasteiger partial charge in [0.05, 0.1) is 0 Å². The molecule has 9 aromatic carbocycles. The van der Waals surface area contributed by atoms with Crippen molar-refractivity contribution in [3.8, 4) is 67.5 Å². The normalized spacial score (nSPS) is 15.1. The van der Waals surface area contributed by atoms with Gasteiger partial charge in [0.25, 0.3) is 0 Å². The summed E-state index contributed by atoms with van der Waals surface area (Å²) in [7, 11) is 0. The molecule has 11 aromatic rings. The second-order valence-electron chi connectivity index (χ2n) is 19.5. The molecule has 0 atom stereocenters. The molecule has 0 bridgehead atoms. The van der Waals surface area contributed by atoms with Crippen molar-refractivity contribution in [1.29, 1.82) is 0 Å². The number of aryl methyl sites for hydroxylation is 2. The van der Waals surface area contributed by atoms with Crippen LogP contribution in [0.15, 0.2) is 224 Å². The van der Waals surface area contributed by atoms with Crippen LogP contribution < -0.4 is 19.8 Å². The molecule has 74 heavy (non-hydrogen) atoms. The molecule has 0 spiro atoms. The monoisotopic (exact) mass is 1150 g/mol. The zero-order valence-electron chi connectivity index (χ0n) is 51.5. The minimum atomic E-state index is -2.66. The Labute approximate surface area is 459 Å². The molecule has 360 valence electrons. The van der Waals surface area contributed by atoms with Crippen molar-refractivity contribution in [2.24, 2.45) is 0 Å². The topological polar surface area (TPSA) is 38.5 Å². The molecule has 0 N–H and O–H groups in total. The van der Waals surface area contributed by atoms with E-state index < -0.39 is 50.9 Å². The van der Waals surface area contributed by atoms with E-state index in [9.17, 15) is 2.74 Å². The summed E-state index contributed by atoms with van der Waals surface area (Å²) in [6.07, 6.45) is 0. The molecular formula is C66H52BN5OPt. The van der Waals surface area contributed by atoms with Gasteiger partial charge in [0, 0.05) is 11.3 Å². The second kappa shape index (κ2) is 18.0. The van der Waals surface area contributed by atoms with Crippen LogP contribution in [0.2, 0.25) is 0 Å². The number of fused-ring (bicyclic) bond motifs is 9. The zero-order chi connectivity index (χ0) is 59.6.